The maximum absolute atomic E-state index is 13.1. The first-order valence-electron chi connectivity index (χ1n) is 6.53. The van der Waals surface area contributed by atoms with Crippen molar-refractivity contribution in [1.82, 2.24) is 4.98 Å². The molecular weight excluding hydrogens is 310 g/mol. The number of fused-ring (bicyclic) bond motifs is 1. The second-order valence-corrected chi connectivity index (χ2v) is 5.26. The number of rotatable bonds is 3. The first-order valence-corrected chi connectivity index (χ1v) is 6.91. The predicted octanol–water partition coefficient (Wildman–Crippen LogP) is 4.28. The highest BCUT2D eigenvalue weighted by atomic mass is 35.5. The third kappa shape index (κ3) is 2.94. The van der Waals surface area contributed by atoms with Gasteiger partial charge in [-0.25, -0.2) is 8.78 Å². The molecule has 2 N–H and O–H groups in total. The number of aromatic nitrogens is 1. The monoisotopic (exact) mass is 320 g/mol. The molecule has 6 heteroatoms. The molecule has 0 fully saturated rings. The fourth-order valence-corrected chi connectivity index (χ4v) is 2.44. The zero-order chi connectivity index (χ0) is 15.7. The van der Waals surface area contributed by atoms with Gasteiger partial charge in [0.25, 0.3) is 0 Å². The van der Waals surface area contributed by atoms with Crippen LogP contribution in [-0.2, 0) is 11.2 Å². The van der Waals surface area contributed by atoms with Crippen LogP contribution in [0, 0.1) is 11.6 Å². The van der Waals surface area contributed by atoms with Gasteiger partial charge in [-0.2, -0.15) is 0 Å². The zero-order valence-corrected chi connectivity index (χ0v) is 12.0. The highest BCUT2D eigenvalue weighted by Gasteiger charge is 2.10. The van der Waals surface area contributed by atoms with Crippen molar-refractivity contribution in [2.75, 3.05) is 5.32 Å². The standard InChI is InChI=1S/C16H11ClF2N2O/c17-13-7-11(2-4-14(13)19)21-16(22)5-9-8-20-15-6-10(18)1-3-12(9)15/h1-4,6-8,20H,5H2,(H,21,22). The van der Waals surface area contributed by atoms with Crippen LogP contribution in [0.15, 0.2) is 42.6 Å². The van der Waals surface area contributed by atoms with Crippen LogP contribution < -0.4 is 5.32 Å². The van der Waals surface area contributed by atoms with E-state index >= 15 is 0 Å². The van der Waals surface area contributed by atoms with Gasteiger partial charge in [-0.15, -0.1) is 0 Å². The smallest absolute Gasteiger partial charge is 0.228 e. The average molecular weight is 321 g/mol. The summed E-state index contributed by atoms with van der Waals surface area (Å²) in [6.07, 6.45) is 1.78. The lowest BCUT2D eigenvalue weighted by atomic mass is 10.1. The number of halogens is 3. The Morgan fingerprint density at radius 2 is 2.00 bits per heavy atom. The molecule has 3 aromatic rings. The van der Waals surface area contributed by atoms with Crippen LogP contribution in [0.2, 0.25) is 5.02 Å². The van der Waals surface area contributed by atoms with E-state index in [2.05, 4.69) is 10.3 Å². The fraction of sp³-hybridized carbons (Fsp3) is 0.0625. The maximum atomic E-state index is 13.1. The number of carbonyl (C=O) groups is 1. The normalized spacial score (nSPS) is 10.9. The SMILES string of the molecule is O=C(Cc1c[nH]c2cc(F)ccc12)Nc1ccc(F)c(Cl)c1. The molecule has 0 spiro atoms. The predicted molar refractivity (Wildman–Crippen MR) is 82.0 cm³/mol. The minimum atomic E-state index is -0.543. The van der Waals surface area contributed by atoms with Crippen LogP contribution in [0.5, 0.6) is 0 Å². The Hall–Kier alpha value is -2.40. The van der Waals surface area contributed by atoms with Crippen LogP contribution in [-0.4, -0.2) is 10.9 Å². The highest BCUT2D eigenvalue weighted by Crippen LogP contribution is 2.22. The van der Waals surface area contributed by atoms with Gasteiger partial charge in [0.1, 0.15) is 11.6 Å². The van der Waals surface area contributed by atoms with Crippen molar-refractivity contribution < 1.29 is 13.6 Å². The van der Waals surface area contributed by atoms with E-state index in [1.165, 1.54) is 30.3 Å². The number of hydrogen-bond acceptors (Lipinski definition) is 1. The van der Waals surface area contributed by atoms with Crippen LogP contribution >= 0.6 is 11.6 Å². The molecule has 1 aromatic heterocycles. The van der Waals surface area contributed by atoms with Crippen LogP contribution in [0.1, 0.15) is 5.56 Å². The molecule has 22 heavy (non-hydrogen) atoms. The third-order valence-electron chi connectivity index (χ3n) is 3.28. The minimum absolute atomic E-state index is 0.0552. The number of anilines is 1. The number of carbonyl (C=O) groups excluding carboxylic acids is 1. The van der Waals surface area contributed by atoms with Crippen molar-refractivity contribution in [2.24, 2.45) is 0 Å². The molecule has 0 saturated carbocycles. The van der Waals surface area contributed by atoms with Crippen molar-refractivity contribution >= 4 is 34.1 Å². The molecule has 0 aliphatic carbocycles. The molecule has 0 atom stereocenters. The van der Waals surface area contributed by atoms with Crippen molar-refractivity contribution in [2.45, 2.75) is 6.42 Å². The largest absolute Gasteiger partial charge is 0.361 e. The second kappa shape index (κ2) is 5.77. The number of benzene rings is 2. The molecular formula is C16H11ClF2N2O. The second-order valence-electron chi connectivity index (χ2n) is 4.86. The number of amides is 1. The molecule has 1 amide bonds. The Labute approximate surface area is 129 Å². The van der Waals surface area contributed by atoms with Crippen molar-refractivity contribution in [1.29, 1.82) is 0 Å². The zero-order valence-electron chi connectivity index (χ0n) is 11.3. The minimum Gasteiger partial charge on any atom is -0.361 e. The summed E-state index contributed by atoms with van der Waals surface area (Å²) in [4.78, 5) is 15.0. The molecule has 0 radical (unpaired) electrons. The summed E-state index contributed by atoms with van der Waals surface area (Å²) in [5.74, 6) is -1.16. The quantitative estimate of drug-likeness (QED) is 0.743. The molecule has 0 aliphatic rings. The summed E-state index contributed by atoms with van der Waals surface area (Å²) in [7, 11) is 0. The van der Waals surface area contributed by atoms with Gasteiger partial charge >= 0.3 is 0 Å². The topological polar surface area (TPSA) is 44.9 Å². The van der Waals surface area contributed by atoms with E-state index in [0.29, 0.717) is 11.2 Å². The lowest BCUT2D eigenvalue weighted by Crippen LogP contribution is -2.14. The van der Waals surface area contributed by atoms with E-state index in [-0.39, 0.29) is 23.2 Å². The fourth-order valence-electron chi connectivity index (χ4n) is 2.26. The number of nitrogens with one attached hydrogen (secondary N) is 2. The number of hydrogen-bond donors (Lipinski definition) is 2. The molecule has 112 valence electrons. The van der Waals surface area contributed by atoms with E-state index in [1.54, 1.807) is 12.3 Å². The van der Waals surface area contributed by atoms with Gasteiger partial charge in [0.2, 0.25) is 5.91 Å². The summed E-state index contributed by atoms with van der Waals surface area (Å²) in [6.45, 7) is 0. The molecule has 2 aromatic carbocycles. The number of H-pyrrole nitrogens is 1. The van der Waals surface area contributed by atoms with Crippen LogP contribution in [0.3, 0.4) is 0 Å². The Kier molecular flexibility index (Phi) is 3.81. The molecule has 0 bridgehead atoms. The first-order chi connectivity index (χ1) is 10.5. The van der Waals surface area contributed by atoms with Gasteiger partial charge in [-0.1, -0.05) is 11.6 Å². The summed E-state index contributed by atoms with van der Waals surface area (Å²) in [6, 6.07) is 8.31. The van der Waals surface area contributed by atoms with E-state index in [9.17, 15) is 13.6 Å². The Balaban J connectivity index is 1.76. The first kappa shape index (κ1) is 14.5. The molecule has 3 nitrogen and oxygen atoms in total. The summed E-state index contributed by atoms with van der Waals surface area (Å²) in [5, 5.41) is 3.38. The maximum Gasteiger partial charge on any atom is 0.228 e. The molecule has 0 aliphatic heterocycles. The molecule has 1 heterocycles. The summed E-state index contributed by atoms with van der Waals surface area (Å²) >= 11 is 5.67. The van der Waals surface area contributed by atoms with Gasteiger partial charge < -0.3 is 10.3 Å². The van der Waals surface area contributed by atoms with E-state index in [1.807, 2.05) is 0 Å². The lowest BCUT2D eigenvalue weighted by Gasteiger charge is -2.05. The lowest BCUT2D eigenvalue weighted by molar-refractivity contribution is -0.115. The van der Waals surface area contributed by atoms with E-state index in [4.69, 9.17) is 11.6 Å². The van der Waals surface area contributed by atoms with Gasteiger partial charge in [-0.3, -0.25) is 4.79 Å². The average Bonchev–Trinajstić information content (AvgIpc) is 2.85. The van der Waals surface area contributed by atoms with Gasteiger partial charge in [0, 0.05) is 22.8 Å². The van der Waals surface area contributed by atoms with Gasteiger partial charge in [0.05, 0.1) is 11.4 Å². The van der Waals surface area contributed by atoms with Crippen LogP contribution in [0.25, 0.3) is 10.9 Å². The molecule has 0 unspecified atom stereocenters. The van der Waals surface area contributed by atoms with E-state index < -0.39 is 5.82 Å². The molecule has 0 saturated heterocycles. The summed E-state index contributed by atoms with van der Waals surface area (Å²) < 4.78 is 26.2. The Morgan fingerprint density at radius 1 is 1.18 bits per heavy atom. The van der Waals surface area contributed by atoms with Crippen molar-refractivity contribution in [3.8, 4) is 0 Å². The Morgan fingerprint density at radius 3 is 2.77 bits per heavy atom. The van der Waals surface area contributed by atoms with E-state index in [0.717, 1.165) is 10.9 Å². The highest BCUT2D eigenvalue weighted by molar-refractivity contribution is 6.31. The van der Waals surface area contributed by atoms with Crippen LogP contribution in [0.4, 0.5) is 14.5 Å². The van der Waals surface area contributed by atoms with Gasteiger partial charge in [-0.05, 0) is 42.0 Å². The van der Waals surface area contributed by atoms with Gasteiger partial charge in [0.15, 0.2) is 0 Å². The Bertz CT molecular complexity index is 860. The van der Waals surface area contributed by atoms with Crippen molar-refractivity contribution in [3.63, 3.8) is 0 Å². The number of aromatic amines is 1. The molecule has 3 rings (SSSR count). The summed E-state index contributed by atoms with van der Waals surface area (Å²) in [5.41, 5.74) is 1.80. The van der Waals surface area contributed by atoms with Crippen molar-refractivity contribution in [3.05, 3.63) is 64.8 Å². The third-order valence-corrected chi connectivity index (χ3v) is 3.57.